The van der Waals surface area contributed by atoms with E-state index in [1.54, 1.807) is 24.6 Å². The number of H-pyrrole nitrogens is 1. The lowest BCUT2D eigenvalue weighted by molar-refractivity contribution is -0.118. The van der Waals surface area contributed by atoms with Crippen molar-refractivity contribution in [3.63, 3.8) is 0 Å². The van der Waals surface area contributed by atoms with Crippen LogP contribution in [0, 0.1) is 82.0 Å². The summed E-state index contributed by atoms with van der Waals surface area (Å²) < 4.78 is 1.73. The van der Waals surface area contributed by atoms with Crippen molar-refractivity contribution in [1.29, 1.82) is 0 Å². The SMILES string of the molecule is CC(=O)CC(C)C.CC(=O)CC(C)C.CC(C)CC1=NCC=C1.CC(C)Cc1ccccc1O.CC(C)Cc1cn(C)nn1.Cc1cc(C)c(O)c(CC(C)C)c1.Cc1cc2nc(CC(C)C)[nH]c2cc1C.Cc1ccc(C(=O)CC(C)C)cc1. The van der Waals surface area contributed by atoms with Crippen LogP contribution in [0.1, 0.15) is 211 Å². The van der Waals surface area contributed by atoms with E-state index in [-0.39, 0.29) is 17.3 Å². The monoisotopic (exact) mass is 1170 g/mol. The van der Waals surface area contributed by atoms with Gasteiger partial charge in [-0.15, -0.1) is 5.10 Å². The number of rotatable bonds is 17. The van der Waals surface area contributed by atoms with Crippen LogP contribution in [0.15, 0.2) is 96.1 Å². The summed E-state index contributed by atoms with van der Waals surface area (Å²) in [4.78, 5) is 44.3. The van der Waals surface area contributed by atoms with Gasteiger partial charge in [0.1, 0.15) is 28.9 Å². The number of carbonyl (C=O) groups is 3. The molecule has 0 radical (unpaired) electrons. The number of aromatic hydroxyl groups is 2. The highest BCUT2D eigenvalue weighted by molar-refractivity contribution is 5.97. The van der Waals surface area contributed by atoms with Gasteiger partial charge in [0, 0.05) is 50.2 Å². The lowest BCUT2D eigenvalue weighted by Crippen LogP contribution is -2.03. The fourth-order valence-corrected chi connectivity index (χ4v) is 8.82. The van der Waals surface area contributed by atoms with Crippen molar-refractivity contribution in [2.75, 3.05) is 6.54 Å². The Hall–Kier alpha value is -6.49. The quantitative estimate of drug-likeness (QED) is 0.0760. The number of phenolic OH excluding ortho intramolecular Hbond substituents is 2. The Morgan fingerprint density at radius 3 is 1.49 bits per heavy atom. The number of para-hydroxylation sites is 1. The molecule has 0 unspecified atom stereocenters. The van der Waals surface area contributed by atoms with Crippen LogP contribution in [0.2, 0.25) is 0 Å². The van der Waals surface area contributed by atoms with Gasteiger partial charge in [0.15, 0.2) is 5.78 Å². The molecule has 1 aliphatic heterocycles. The molecule has 0 fully saturated rings. The van der Waals surface area contributed by atoms with Crippen LogP contribution in [0.4, 0.5) is 0 Å². The van der Waals surface area contributed by atoms with E-state index in [0.717, 1.165) is 102 Å². The summed E-state index contributed by atoms with van der Waals surface area (Å²) in [6, 6.07) is 23.7. The molecule has 7 rings (SSSR count). The van der Waals surface area contributed by atoms with Crippen LogP contribution in [-0.4, -0.2) is 64.8 Å². The Bertz CT molecular complexity index is 2840. The Balaban J connectivity index is 0.000000961. The number of aromatic nitrogens is 5. The normalized spacial score (nSPS) is 11.3. The average molecular weight is 1170 g/mol. The number of aryl methyl sites for hydroxylation is 6. The standard InChI is InChI=1S/C13H18N2.C12H18O.C12H16O.C10H14O.C8H13N.C7H13N3.2C6H12O/c1-8(2)5-13-14-11-6-9(3)10(4)7-12(11)15-13;1-8(2)5-11-7-9(3)6-10(4)12(11)13;1-9(2)8-12(13)11-6-4-10(3)5-7-11;1-8(2)7-9-5-3-4-6-10(9)11;1-7(2)6-8-4-3-5-9-8;1-6(2)4-7-5-10(3)9-8-7;2*1-5(2)4-6(3)7/h6-8H,5H2,1-4H3,(H,14,15);6-8,13H,5H2,1-4H3;4-7,9H,8H2,1-3H3;3-6,8,11H,7H2,1-2H3;3-4,7H,5-6H2,1-2H3;5-6H,4H2,1-3H3;2*5H,4H2,1-3H3. The summed E-state index contributed by atoms with van der Waals surface area (Å²) >= 11 is 0. The highest BCUT2D eigenvalue weighted by Gasteiger charge is 2.10. The van der Waals surface area contributed by atoms with Crippen LogP contribution in [0.25, 0.3) is 11.0 Å². The molecule has 0 saturated carbocycles. The molecule has 6 aromatic rings. The number of benzene rings is 4. The zero-order chi connectivity index (χ0) is 65.1. The van der Waals surface area contributed by atoms with Gasteiger partial charge in [-0.3, -0.25) is 14.5 Å². The molecule has 0 aliphatic carbocycles. The van der Waals surface area contributed by atoms with Crippen LogP contribution < -0.4 is 0 Å². The zero-order valence-electron chi connectivity index (χ0n) is 57.5. The summed E-state index contributed by atoms with van der Waals surface area (Å²) in [5, 5.41) is 26.9. The number of nitrogens with one attached hydrogen (secondary N) is 1. The number of aromatic amines is 1. The van der Waals surface area contributed by atoms with Crippen molar-refractivity contribution in [3.05, 3.63) is 147 Å². The fourth-order valence-electron chi connectivity index (χ4n) is 8.82. The summed E-state index contributed by atoms with van der Waals surface area (Å²) in [5.74, 6) is 7.54. The van der Waals surface area contributed by atoms with Gasteiger partial charge in [-0.2, -0.15) is 0 Å². The Kier molecular flexibility index (Phi) is 39.1. The van der Waals surface area contributed by atoms with Gasteiger partial charge in [0.25, 0.3) is 0 Å². The van der Waals surface area contributed by atoms with Crippen LogP contribution in [0.3, 0.4) is 0 Å². The molecule has 0 bridgehead atoms. The lowest BCUT2D eigenvalue weighted by atomic mass is 9.98. The van der Waals surface area contributed by atoms with Gasteiger partial charge in [0.2, 0.25) is 0 Å². The summed E-state index contributed by atoms with van der Waals surface area (Å²) in [6.45, 7) is 48.6. The van der Waals surface area contributed by atoms with E-state index in [0.29, 0.717) is 59.3 Å². The molecule has 11 nitrogen and oxygen atoms in total. The molecule has 4 aromatic carbocycles. The van der Waals surface area contributed by atoms with Crippen molar-refractivity contribution in [2.45, 2.75) is 211 Å². The second-order valence-electron chi connectivity index (χ2n) is 26.5. The number of phenols is 2. The lowest BCUT2D eigenvalue weighted by Gasteiger charge is -2.10. The minimum Gasteiger partial charge on any atom is -0.508 e. The molecule has 11 heteroatoms. The highest BCUT2D eigenvalue weighted by atomic mass is 16.3. The Labute approximate surface area is 516 Å². The van der Waals surface area contributed by atoms with Gasteiger partial charge in [0.05, 0.1) is 23.3 Å². The maximum atomic E-state index is 11.6. The van der Waals surface area contributed by atoms with Crippen LogP contribution in [0.5, 0.6) is 11.5 Å². The minimum atomic E-state index is 0.245. The minimum absolute atomic E-state index is 0.245. The first kappa shape index (κ1) is 78.5. The molecule has 3 heterocycles. The Morgan fingerprint density at radius 1 is 0.553 bits per heavy atom. The van der Waals surface area contributed by atoms with E-state index in [2.05, 4.69) is 159 Å². The van der Waals surface area contributed by atoms with Crippen molar-refractivity contribution < 1.29 is 24.6 Å². The summed E-state index contributed by atoms with van der Waals surface area (Å²) in [5.41, 5.74) is 13.6. The number of imidazole rings is 1. The predicted octanol–water partition coefficient (Wildman–Crippen LogP) is 18.7. The first-order chi connectivity index (χ1) is 39.6. The van der Waals surface area contributed by atoms with Gasteiger partial charge in [-0.05, 0) is 174 Å². The van der Waals surface area contributed by atoms with Gasteiger partial charge in [-0.1, -0.05) is 188 Å². The first-order valence-corrected chi connectivity index (χ1v) is 31.2. The molecular formula is C74H116N6O5. The molecule has 0 atom stereocenters. The van der Waals surface area contributed by atoms with Crippen LogP contribution in [-0.2, 0) is 42.3 Å². The number of ketones is 3. The third-order valence-electron chi connectivity index (χ3n) is 12.5. The topological polar surface area (TPSA) is 163 Å². The molecular weight excluding hydrogens is 1050 g/mol. The number of hydrogen-bond donors (Lipinski definition) is 3. The summed E-state index contributed by atoms with van der Waals surface area (Å²) in [6.07, 6.45) is 13.4. The van der Waals surface area contributed by atoms with E-state index >= 15 is 0 Å². The first-order valence-electron chi connectivity index (χ1n) is 31.2. The largest absolute Gasteiger partial charge is 0.508 e. The third-order valence-corrected chi connectivity index (χ3v) is 12.5. The molecule has 3 N–H and O–H groups in total. The van der Waals surface area contributed by atoms with E-state index in [4.69, 9.17) is 0 Å². The summed E-state index contributed by atoms with van der Waals surface area (Å²) in [7, 11) is 1.89. The maximum Gasteiger partial charge on any atom is 0.163 e. The number of nitrogens with zero attached hydrogens (tertiary/aromatic N) is 5. The third kappa shape index (κ3) is 39.0. The van der Waals surface area contributed by atoms with E-state index in [1.165, 1.54) is 28.0 Å². The molecule has 0 spiro atoms. The van der Waals surface area contributed by atoms with Crippen molar-refractivity contribution in [3.8, 4) is 11.5 Å². The van der Waals surface area contributed by atoms with Gasteiger partial charge < -0.3 is 24.8 Å². The smallest absolute Gasteiger partial charge is 0.163 e. The number of hydrogen-bond acceptors (Lipinski definition) is 9. The van der Waals surface area contributed by atoms with Crippen molar-refractivity contribution >= 4 is 34.1 Å². The zero-order valence-corrected chi connectivity index (χ0v) is 57.5. The average Bonchev–Trinajstić information content (AvgIpc) is 4.38. The number of allylic oxidation sites excluding steroid dienone is 1. The van der Waals surface area contributed by atoms with Crippen molar-refractivity contribution in [1.82, 2.24) is 25.0 Å². The molecule has 85 heavy (non-hydrogen) atoms. The molecule has 1 aliphatic rings. The van der Waals surface area contributed by atoms with Crippen LogP contribution >= 0.6 is 0 Å². The maximum absolute atomic E-state index is 11.6. The second kappa shape index (κ2) is 42.3. The highest BCUT2D eigenvalue weighted by Crippen LogP contribution is 2.26. The molecule has 0 saturated heterocycles. The van der Waals surface area contributed by atoms with E-state index in [1.807, 2.05) is 103 Å². The molecule has 0 amide bonds. The van der Waals surface area contributed by atoms with Crippen molar-refractivity contribution in [2.24, 2.45) is 59.4 Å². The second-order valence-corrected chi connectivity index (χ2v) is 26.5. The van der Waals surface area contributed by atoms with E-state index < -0.39 is 0 Å². The predicted molar refractivity (Wildman–Crippen MR) is 363 cm³/mol. The van der Waals surface area contributed by atoms with E-state index in [9.17, 15) is 24.6 Å². The number of aliphatic imine (C=N–C) groups is 1. The number of carbonyl (C=O) groups excluding carboxylic acids is 3. The molecule has 472 valence electrons. The van der Waals surface area contributed by atoms with Gasteiger partial charge in [-0.25, -0.2) is 4.98 Å². The van der Waals surface area contributed by atoms with Gasteiger partial charge >= 0.3 is 0 Å². The molecule has 2 aromatic heterocycles. The number of Topliss-reactive ketones (excluding diaryl/α,β-unsaturated/α-hetero) is 3. The Morgan fingerprint density at radius 2 is 1.06 bits per heavy atom. The fraction of sp³-hybridized carbons (Fsp3) is 0.554. The number of fused-ring (bicyclic) bond motifs is 1.